The molecule has 6 rings (SSSR count). The number of hydrogen-bond acceptors (Lipinski definition) is 8. The molecule has 8 atom stereocenters. The topological polar surface area (TPSA) is 187 Å². The predicted molar refractivity (Wildman–Crippen MR) is 206 cm³/mol. The first-order chi connectivity index (χ1) is 26.8. The number of carbonyl (C=O) groups is 7. The maximum Gasteiger partial charge on any atom is 0.329 e. The first-order valence-corrected chi connectivity index (χ1v) is 19.8. The highest BCUT2D eigenvalue weighted by Crippen LogP contribution is 2.29. The summed E-state index contributed by atoms with van der Waals surface area (Å²) >= 11 is 6.26. The van der Waals surface area contributed by atoms with Gasteiger partial charge in [0.2, 0.25) is 29.5 Å². The Morgan fingerprint density at radius 2 is 1.50 bits per heavy atom. The van der Waals surface area contributed by atoms with E-state index in [0.717, 1.165) is 0 Å². The van der Waals surface area contributed by atoms with E-state index in [4.69, 9.17) is 16.3 Å². The van der Waals surface area contributed by atoms with Gasteiger partial charge in [-0.3, -0.25) is 24.0 Å². The molecule has 4 aliphatic rings. The van der Waals surface area contributed by atoms with Crippen LogP contribution in [0.3, 0.4) is 0 Å². The maximum absolute atomic E-state index is 14.7. The number of para-hydroxylation sites is 1. The Morgan fingerprint density at radius 1 is 0.821 bits per heavy atom. The molecule has 4 N–H and O–H groups in total. The number of hydrogen-bond donors (Lipinski definition) is 4. The van der Waals surface area contributed by atoms with Gasteiger partial charge >= 0.3 is 12.0 Å². The molecule has 0 radical (unpaired) electrons. The van der Waals surface area contributed by atoms with Gasteiger partial charge in [0.15, 0.2) is 0 Å². The average molecular weight is 792 g/mol. The summed E-state index contributed by atoms with van der Waals surface area (Å²) in [5, 5.41) is 11.2. The molecule has 4 aliphatic heterocycles. The number of fused-ring (bicyclic) bond motifs is 3. The van der Waals surface area contributed by atoms with Crippen molar-refractivity contribution < 1.29 is 38.3 Å². The van der Waals surface area contributed by atoms with Crippen LogP contribution in [0.1, 0.15) is 64.9 Å². The lowest BCUT2D eigenvalue weighted by Crippen LogP contribution is -2.63. The molecule has 0 aromatic heterocycles. The fourth-order valence-electron chi connectivity index (χ4n) is 8.16. The van der Waals surface area contributed by atoms with Crippen LogP contribution < -0.4 is 21.3 Å². The highest BCUT2D eigenvalue weighted by Gasteiger charge is 2.47. The second kappa shape index (κ2) is 17.7. The zero-order valence-corrected chi connectivity index (χ0v) is 32.6. The fraction of sp³-hybridized carbons (Fsp3) is 0.525. The number of nitrogens with one attached hydrogen (secondary N) is 4. The standard InChI is InChI=1S/C40H50ClN7O8/c1-23-20-32-39(54)56-25(3)33(45-34(49)29(21-26-12-5-4-6-13-26)44-40(55)43-28-15-8-7-14-27(28)41)38(53)47-19-11-17-31(47)37(52)46-18-10-9-16-30(46)35(50)42-24(2)36(51)48(32)22-23/h4-8,12-15,23-25,29-33H,9-11,16-22H2,1-3H3,(H,42,50)(H,45,49)(H2,43,44,55)/t23-,24+,25+,29+,30+,31+,32+,33+/m1/s1. The van der Waals surface area contributed by atoms with E-state index in [2.05, 4.69) is 21.3 Å². The van der Waals surface area contributed by atoms with Crippen LogP contribution in [-0.2, 0) is 39.9 Å². The Bertz CT molecular complexity index is 1830. The molecule has 2 aromatic rings. The lowest BCUT2D eigenvalue weighted by molar-refractivity contribution is -0.163. The Morgan fingerprint density at radius 3 is 2.25 bits per heavy atom. The minimum absolute atomic E-state index is 0.0378. The number of ether oxygens (including phenoxy) is 1. The Balaban J connectivity index is 1.33. The molecular weight excluding hydrogens is 742 g/mol. The molecule has 2 aromatic carbocycles. The normalized spacial score (nSPS) is 28.0. The zero-order valence-electron chi connectivity index (χ0n) is 31.9. The molecule has 16 heteroatoms. The molecule has 0 bridgehead atoms. The summed E-state index contributed by atoms with van der Waals surface area (Å²) in [6.07, 6.45) is 1.66. The number of urea groups is 1. The van der Waals surface area contributed by atoms with E-state index in [1.165, 1.54) is 21.6 Å². The number of benzene rings is 2. The van der Waals surface area contributed by atoms with E-state index in [1.807, 2.05) is 13.0 Å². The van der Waals surface area contributed by atoms with Gasteiger partial charge in [-0.1, -0.05) is 61.0 Å². The monoisotopic (exact) mass is 791 g/mol. The molecule has 0 aliphatic carbocycles. The summed E-state index contributed by atoms with van der Waals surface area (Å²) in [6, 6.07) is 8.43. The van der Waals surface area contributed by atoms with Gasteiger partial charge in [0.25, 0.3) is 0 Å². The fourth-order valence-corrected chi connectivity index (χ4v) is 8.34. The largest absolute Gasteiger partial charge is 0.458 e. The van der Waals surface area contributed by atoms with E-state index in [0.29, 0.717) is 56.3 Å². The summed E-state index contributed by atoms with van der Waals surface area (Å²) in [7, 11) is 0. The number of amides is 7. The average Bonchev–Trinajstić information content (AvgIpc) is 3.84. The third kappa shape index (κ3) is 9.09. The van der Waals surface area contributed by atoms with Crippen LogP contribution in [0.15, 0.2) is 54.6 Å². The van der Waals surface area contributed by atoms with Crippen LogP contribution in [0.5, 0.6) is 0 Å². The van der Waals surface area contributed by atoms with Crippen LogP contribution in [0, 0.1) is 5.92 Å². The van der Waals surface area contributed by atoms with Gasteiger partial charge in [-0.2, -0.15) is 0 Å². The highest BCUT2D eigenvalue weighted by atomic mass is 35.5. The molecule has 56 heavy (non-hydrogen) atoms. The van der Waals surface area contributed by atoms with E-state index in [-0.39, 0.29) is 30.5 Å². The SMILES string of the molecule is C[C@@H]1C[C@H]2C(=O)O[C@@H](C)[C@H](NC(=O)[C@H](Cc3ccccc3)NC(=O)Nc3ccccc3Cl)C(=O)N3CCC[C@H]3C(=O)N3CCCC[C@H]3C(=O)N[C@@H](C)C(=O)N2C1. The quantitative estimate of drug-likeness (QED) is 0.322. The van der Waals surface area contributed by atoms with Gasteiger partial charge in [-0.05, 0) is 76.0 Å². The maximum atomic E-state index is 14.7. The second-order valence-corrected chi connectivity index (χ2v) is 15.7. The minimum Gasteiger partial charge on any atom is -0.458 e. The molecule has 300 valence electrons. The van der Waals surface area contributed by atoms with Crippen LogP contribution in [0.25, 0.3) is 0 Å². The van der Waals surface area contributed by atoms with Crippen molar-refractivity contribution in [2.45, 2.75) is 108 Å². The van der Waals surface area contributed by atoms with Gasteiger partial charge in [0, 0.05) is 26.1 Å². The van der Waals surface area contributed by atoms with Crippen molar-refractivity contribution >= 4 is 58.8 Å². The van der Waals surface area contributed by atoms with Crippen molar-refractivity contribution in [1.29, 1.82) is 0 Å². The summed E-state index contributed by atoms with van der Waals surface area (Å²) in [5.74, 6) is -3.56. The third-order valence-corrected chi connectivity index (χ3v) is 11.4. The van der Waals surface area contributed by atoms with Crippen LogP contribution in [-0.4, -0.2) is 118 Å². The number of halogens is 1. The van der Waals surface area contributed by atoms with Crippen LogP contribution >= 0.6 is 11.6 Å². The van der Waals surface area contributed by atoms with Crippen molar-refractivity contribution in [1.82, 2.24) is 30.7 Å². The minimum atomic E-state index is -1.48. The predicted octanol–water partition coefficient (Wildman–Crippen LogP) is 2.62. The lowest BCUT2D eigenvalue weighted by atomic mass is 9.99. The summed E-state index contributed by atoms with van der Waals surface area (Å²) in [5.41, 5.74) is 1.04. The lowest BCUT2D eigenvalue weighted by Gasteiger charge is -2.39. The van der Waals surface area contributed by atoms with E-state index >= 15 is 0 Å². The molecule has 0 unspecified atom stereocenters. The molecule has 4 saturated heterocycles. The zero-order chi connectivity index (χ0) is 40.1. The van der Waals surface area contributed by atoms with E-state index in [9.17, 15) is 33.6 Å². The Hall–Kier alpha value is -5.18. The summed E-state index contributed by atoms with van der Waals surface area (Å²) in [4.78, 5) is 102. The van der Waals surface area contributed by atoms with E-state index < -0.39 is 83.9 Å². The van der Waals surface area contributed by atoms with Crippen LogP contribution in [0.2, 0.25) is 5.02 Å². The summed E-state index contributed by atoms with van der Waals surface area (Å²) in [6.45, 7) is 5.69. The number of cyclic esters (lactones) is 1. The van der Waals surface area contributed by atoms with E-state index in [1.54, 1.807) is 55.5 Å². The van der Waals surface area contributed by atoms with Gasteiger partial charge < -0.3 is 40.7 Å². The second-order valence-electron chi connectivity index (χ2n) is 15.3. The first-order valence-electron chi connectivity index (χ1n) is 19.4. The smallest absolute Gasteiger partial charge is 0.329 e. The number of piperidine rings is 1. The van der Waals surface area contributed by atoms with Crippen molar-refractivity contribution in [2.75, 3.05) is 25.0 Å². The summed E-state index contributed by atoms with van der Waals surface area (Å²) < 4.78 is 5.94. The number of anilines is 1. The molecular formula is C40H50ClN7O8. The molecule has 7 amide bonds. The van der Waals surface area contributed by atoms with Crippen molar-refractivity contribution in [3.63, 3.8) is 0 Å². The highest BCUT2D eigenvalue weighted by molar-refractivity contribution is 6.33. The molecule has 4 fully saturated rings. The van der Waals surface area contributed by atoms with Gasteiger partial charge in [-0.25, -0.2) is 9.59 Å². The number of carbonyl (C=O) groups excluding carboxylic acids is 7. The Kier molecular flexibility index (Phi) is 12.8. The Labute approximate surface area is 331 Å². The van der Waals surface area contributed by atoms with Gasteiger partial charge in [0.05, 0.1) is 10.7 Å². The molecule has 0 spiro atoms. The molecule has 0 saturated carbocycles. The van der Waals surface area contributed by atoms with Crippen molar-refractivity contribution in [3.8, 4) is 0 Å². The third-order valence-electron chi connectivity index (χ3n) is 11.1. The van der Waals surface area contributed by atoms with Crippen molar-refractivity contribution in [3.05, 3.63) is 65.2 Å². The van der Waals surface area contributed by atoms with Crippen molar-refractivity contribution in [2.24, 2.45) is 5.92 Å². The van der Waals surface area contributed by atoms with Crippen LogP contribution in [0.4, 0.5) is 10.5 Å². The number of esters is 1. The molecule has 4 heterocycles. The molecule has 15 nitrogen and oxygen atoms in total. The van der Waals surface area contributed by atoms with Gasteiger partial charge in [0.1, 0.15) is 42.4 Å². The number of nitrogens with zero attached hydrogens (tertiary/aromatic N) is 3. The number of rotatable bonds is 6. The van der Waals surface area contributed by atoms with Gasteiger partial charge in [-0.15, -0.1) is 0 Å². The first kappa shape index (κ1) is 40.5.